The molecular formula is C23H32FIN4O2. The number of guanidine groups is 1. The Morgan fingerprint density at radius 1 is 1.26 bits per heavy atom. The summed E-state index contributed by atoms with van der Waals surface area (Å²) in [6, 6.07) is 8.40. The Morgan fingerprint density at radius 2 is 2.10 bits per heavy atom. The van der Waals surface area contributed by atoms with Gasteiger partial charge in [-0.25, -0.2) is 9.38 Å². The van der Waals surface area contributed by atoms with Crippen molar-refractivity contribution in [1.29, 1.82) is 0 Å². The van der Waals surface area contributed by atoms with Crippen LogP contribution in [0.2, 0.25) is 0 Å². The fraction of sp³-hybridized carbons (Fsp3) is 0.478. The van der Waals surface area contributed by atoms with Crippen LogP contribution in [0.5, 0.6) is 11.5 Å². The van der Waals surface area contributed by atoms with Crippen LogP contribution in [0.4, 0.5) is 4.39 Å². The van der Waals surface area contributed by atoms with E-state index in [0.29, 0.717) is 17.7 Å². The summed E-state index contributed by atoms with van der Waals surface area (Å²) < 4.78 is 25.3. The number of nitrogens with zero attached hydrogens (tertiary/aromatic N) is 2. The maximum Gasteiger partial charge on any atom is 0.191 e. The van der Waals surface area contributed by atoms with E-state index in [4.69, 9.17) is 9.47 Å². The van der Waals surface area contributed by atoms with Gasteiger partial charge in [0.15, 0.2) is 17.5 Å². The van der Waals surface area contributed by atoms with Gasteiger partial charge in [0.05, 0.1) is 12.7 Å². The minimum atomic E-state index is -0.419. The van der Waals surface area contributed by atoms with E-state index in [1.807, 2.05) is 13.0 Å². The predicted molar refractivity (Wildman–Crippen MR) is 132 cm³/mol. The first-order valence-electron chi connectivity index (χ1n) is 10.5. The number of nitrogens with one attached hydrogen (secondary N) is 2. The average molecular weight is 542 g/mol. The molecule has 1 aromatic heterocycles. The zero-order valence-electron chi connectivity index (χ0n) is 18.2. The van der Waals surface area contributed by atoms with Gasteiger partial charge in [-0.2, -0.15) is 0 Å². The Balaban J connectivity index is 0.00000341. The molecule has 1 aliphatic rings. The van der Waals surface area contributed by atoms with Crippen molar-refractivity contribution >= 4 is 29.9 Å². The number of pyridine rings is 1. The third-order valence-corrected chi connectivity index (χ3v) is 5.50. The number of hydrogen-bond acceptors (Lipinski definition) is 4. The van der Waals surface area contributed by atoms with E-state index in [0.717, 1.165) is 37.6 Å². The van der Waals surface area contributed by atoms with Crippen molar-refractivity contribution in [2.45, 2.75) is 39.2 Å². The molecule has 1 heterocycles. The van der Waals surface area contributed by atoms with Crippen molar-refractivity contribution in [3.8, 4) is 11.5 Å². The molecule has 2 aromatic rings. The quantitative estimate of drug-likeness (QED) is 0.254. The second kappa shape index (κ2) is 12.8. The molecule has 0 radical (unpaired) electrons. The molecule has 0 spiro atoms. The van der Waals surface area contributed by atoms with Crippen LogP contribution in [0, 0.1) is 11.2 Å². The van der Waals surface area contributed by atoms with Gasteiger partial charge < -0.3 is 20.1 Å². The lowest BCUT2D eigenvalue weighted by Crippen LogP contribution is -2.46. The van der Waals surface area contributed by atoms with Crippen LogP contribution in [-0.4, -0.2) is 37.7 Å². The van der Waals surface area contributed by atoms with Crippen molar-refractivity contribution in [3.63, 3.8) is 0 Å². The smallest absolute Gasteiger partial charge is 0.191 e. The molecule has 0 bridgehead atoms. The molecular weight excluding hydrogens is 510 g/mol. The summed E-state index contributed by atoms with van der Waals surface area (Å²) in [5.41, 5.74) is 1.07. The summed E-state index contributed by atoms with van der Waals surface area (Å²) in [6.45, 7) is 4.83. The highest BCUT2D eigenvalue weighted by Gasteiger charge is 2.36. The van der Waals surface area contributed by atoms with E-state index in [-0.39, 0.29) is 29.7 Å². The van der Waals surface area contributed by atoms with Gasteiger partial charge in [0.25, 0.3) is 0 Å². The molecule has 1 aliphatic carbocycles. The van der Waals surface area contributed by atoms with Crippen LogP contribution in [0.3, 0.4) is 0 Å². The highest BCUT2D eigenvalue weighted by Crippen LogP contribution is 2.43. The molecule has 0 unspecified atom stereocenters. The minimum absolute atomic E-state index is 0. The summed E-state index contributed by atoms with van der Waals surface area (Å²) >= 11 is 0. The van der Waals surface area contributed by atoms with Crippen molar-refractivity contribution in [2.75, 3.05) is 26.8 Å². The third-order valence-electron chi connectivity index (χ3n) is 5.50. The summed E-state index contributed by atoms with van der Waals surface area (Å²) in [6.07, 6.45) is 7.95. The molecule has 0 amide bonds. The SMILES string of the molecule is CCNC(=NCc1ccc(Oc2cccnc2)c(F)c1)NCC1(CCOC)CCC1.I. The van der Waals surface area contributed by atoms with Crippen molar-refractivity contribution in [1.82, 2.24) is 15.6 Å². The lowest BCUT2D eigenvalue weighted by molar-refractivity contribution is 0.0732. The van der Waals surface area contributed by atoms with Crippen molar-refractivity contribution in [2.24, 2.45) is 10.4 Å². The number of methoxy groups -OCH3 is 1. The maximum atomic E-state index is 14.4. The Morgan fingerprint density at radius 3 is 2.71 bits per heavy atom. The van der Waals surface area contributed by atoms with Gasteiger partial charge >= 0.3 is 0 Å². The summed E-state index contributed by atoms with van der Waals surface area (Å²) in [4.78, 5) is 8.60. The van der Waals surface area contributed by atoms with Crippen molar-refractivity contribution < 1.29 is 13.9 Å². The fourth-order valence-electron chi connectivity index (χ4n) is 3.55. The summed E-state index contributed by atoms with van der Waals surface area (Å²) in [7, 11) is 1.75. The van der Waals surface area contributed by atoms with Crippen LogP contribution in [0.15, 0.2) is 47.7 Å². The third kappa shape index (κ3) is 7.60. The number of benzene rings is 1. The van der Waals surface area contributed by atoms with Gasteiger partial charge in [-0.3, -0.25) is 4.98 Å². The Labute approximate surface area is 201 Å². The zero-order valence-corrected chi connectivity index (χ0v) is 20.5. The molecule has 0 atom stereocenters. The van der Waals surface area contributed by atoms with Gasteiger partial charge in [0, 0.05) is 33.0 Å². The first-order chi connectivity index (χ1) is 14.6. The van der Waals surface area contributed by atoms with Gasteiger partial charge in [-0.1, -0.05) is 12.5 Å². The molecule has 3 rings (SSSR count). The van der Waals surface area contributed by atoms with Gasteiger partial charge in [-0.15, -0.1) is 24.0 Å². The van der Waals surface area contributed by atoms with Gasteiger partial charge in [-0.05, 0) is 61.4 Å². The zero-order chi connectivity index (χ0) is 21.2. The number of ether oxygens (including phenoxy) is 2. The second-order valence-electron chi connectivity index (χ2n) is 7.70. The van der Waals surface area contributed by atoms with Crippen LogP contribution >= 0.6 is 24.0 Å². The van der Waals surface area contributed by atoms with Crippen LogP contribution in [0.1, 0.15) is 38.2 Å². The largest absolute Gasteiger partial charge is 0.453 e. The predicted octanol–water partition coefficient (Wildman–Crippen LogP) is 4.89. The maximum absolute atomic E-state index is 14.4. The highest BCUT2D eigenvalue weighted by atomic mass is 127. The normalized spacial score (nSPS) is 14.9. The Kier molecular flexibility index (Phi) is 10.5. The molecule has 1 fully saturated rings. The van der Waals surface area contributed by atoms with Crippen LogP contribution < -0.4 is 15.4 Å². The molecule has 31 heavy (non-hydrogen) atoms. The van der Waals surface area contributed by atoms with Gasteiger partial charge in [0.2, 0.25) is 0 Å². The highest BCUT2D eigenvalue weighted by molar-refractivity contribution is 14.0. The van der Waals surface area contributed by atoms with E-state index < -0.39 is 5.82 Å². The molecule has 2 N–H and O–H groups in total. The van der Waals surface area contributed by atoms with Gasteiger partial charge in [0.1, 0.15) is 5.75 Å². The summed E-state index contributed by atoms with van der Waals surface area (Å²) in [5, 5.41) is 6.73. The number of rotatable bonds is 10. The first-order valence-corrected chi connectivity index (χ1v) is 10.5. The number of hydrogen-bond donors (Lipinski definition) is 2. The molecule has 8 heteroatoms. The number of halogens is 2. The van der Waals surface area contributed by atoms with E-state index in [9.17, 15) is 4.39 Å². The van der Waals surface area contributed by atoms with E-state index in [2.05, 4.69) is 20.6 Å². The summed E-state index contributed by atoms with van der Waals surface area (Å²) in [5.74, 6) is 1.000. The average Bonchev–Trinajstić information content (AvgIpc) is 2.73. The number of aromatic nitrogens is 1. The second-order valence-corrected chi connectivity index (χ2v) is 7.70. The van der Waals surface area contributed by atoms with Crippen LogP contribution in [-0.2, 0) is 11.3 Å². The molecule has 0 aliphatic heterocycles. The monoisotopic (exact) mass is 542 g/mol. The molecule has 170 valence electrons. The Bertz CT molecular complexity index is 832. The molecule has 6 nitrogen and oxygen atoms in total. The topological polar surface area (TPSA) is 67.8 Å². The van der Waals surface area contributed by atoms with Crippen molar-refractivity contribution in [3.05, 3.63) is 54.1 Å². The minimum Gasteiger partial charge on any atom is -0.453 e. The standard InChI is InChI=1S/C23H31FN4O2.HI/c1-3-26-22(28-17-23(9-5-10-23)11-13-29-2)27-15-18-7-8-21(20(24)14-18)30-19-6-4-12-25-16-19;/h4,6-8,12,14,16H,3,5,9-11,13,15,17H2,1-2H3,(H2,26,27,28);1H. The fourth-order valence-corrected chi connectivity index (χ4v) is 3.55. The molecule has 1 saturated carbocycles. The van der Waals surface area contributed by atoms with E-state index in [1.165, 1.54) is 25.3 Å². The number of aliphatic imine (C=N–C) groups is 1. The molecule has 0 saturated heterocycles. The van der Waals surface area contributed by atoms with Crippen LogP contribution in [0.25, 0.3) is 0 Å². The lowest BCUT2D eigenvalue weighted by Gasteiger charge is -2.42. The van der Waals surface area contributed by atoms with E-state index in [1.54, 1.807) is 37.7 Å². The lowest BCUT2D eigenvalue weighted by atomic mass is 9.67. The Hall–Kier alpha value is -1.94. The molecule has 1 aromatic carbocycles. The van der Waals surface area contributed by atoms with E-state index >= 15 is 0 Å². The first kappa shape index (κ1) is 25.3.